The molecule has 6 heteroatoms. The van der Waals surface area contributed by atoms with E-state index in [1.54, 1.807) is 6.07 Å². The van der Waals surface area contributed by atoms with Gasteiger partial charge < -0.3 is 26.1 Å². The molecule has 1 aliphatic rings. The number of nitrogens with zero attached hydrogens (tertiary/aromatic N) is 2. The zero-order chi connectivity index (χ0) is 13.3. The molecule has 0 aromatic heterocycles. The van der Waals surface area contributed by atoms with Crippen molar-refractivity contribution < 1.29 is 15.4 Å². The minimum Gasteiger partial charge on any atom is -0.409 e. The molecule has 1 saturated heterocycles. The fourth-order valence-corrected chi connectivity index (χ4v) is 2.14. The topological polar surface area (TPSA) is 102 Å². The number of β-amino-alcohol motifs (C(OH)–C–C–N with tert-alkyl or cyclic N) is 2. The predicted octanol–water partition coefficient (Wildman–Crippen LogP) is -0.369. The summed E-state index contributed by atoms with van der Waals surface area (Å²) in [5.41, 5.74) is 7.99. The molecule has 1 fully saturated rings. The highest BCUT2D eigenvalue weighted by molar-refractivity contribution is 6.02. The summed E-state index contributed by atoms with van der Waals surface area (Å²) < 4.78 is 0. The molecule has 2 atom stereocenters. The van der Waals surface area contributed by atoms with Gasteiger partial charge in [0.2, 0.25) is 0 Å². The molecule has 0 bridgehead atoms. The van der Waals surface area contributed by atoms with Gasteiger partial charge in [-0.25, -0.2) is 0 Å². The number of aliphatic hydroxyl groups excluding tert-OH is 2. The maximum absolute atomic E-state index is 9.58. The molecule has 1 heterocycles. The van der Waals surface area contributed by atoms with Crippen molar-refractivity contribution in [3.8, 4) is 0 Å². The Kier molecular flexibility index (Phi) is 3.40. The molecule has 2 unspecified atom stereocenters. The largest absolute Gasteiger partial charge is 0.409 e. The number of oxime groups is 1. The number of rotatable bonds is 2. The van der Waals surface area contributed by atoms with E-state index in [1.165, 1.54) is 0 Å². The van der Waals surface area contributed by atoms with E-state index in [-0.39, 0.29) is 5.84 Å². The van der Waals surface area contributed by atoms with Crippen LogP contribution < -0.4 is 10.6 Å². The number of anilines is 1. The summed E-state index contributed by atoms with van der Waals surface area (Å²) in [6.45, 7) is 2.59. The van der Waals surface area contributed by atoms with E-state index in [4.69, 9.17) is 10.9 Å². The predicted molar refractivity (Wildman–Crippen MR) is 67.9 cm³/mol. The first-order chi connectivity index (χ1) is 8.52. The lowest BCUT2D eigenvalue weighted by Crippen LogP contribution is -2.25. The molecule has 0 saturated carbocycles. The Bertz CT molecular complexity index is 466. The molecule has 1 aromatic carbocycles. The van der Waals surface area contributed by atoms with E-state index in [0.29, 0.717) is 18.7 Å². The van der Waals surface area contributed by atoms with Crippen molar-refractivity contribution in [3.05, 3.63) is 29.3 Å². The van der Waals surface area contributed by atoms with Gasteiger partial charge in [0, 0.05) is 24.3 Å². The van der Waals surface area contributed by atoms with Crippen molar-refractivity contribution in [2.45, 2.75) is 19.1 Å². The van der Waals surface area contributed by atoms with Crippen molar-refractivity contribution in [2.75, 3.05) is 18.0 Å². The average molecular weight is 251 g/mol. The monoisotopic (exact) mass is 251 g/mol. The van der Waals surface area contributed by atoms with Crippen LogP contribution in [0.5, 0.6) is 0 Å². The average Bonchev–Trinajstić information content (AvgIpc) is 2.68. The van der Waals surface area contributed by atoms with Crippen molar-refractivity contribution in [1.29, 1.82) is 0 Å². The lowest BCUT2D eigenvalue weighted by Gasteiger charge is -2.21. The van der Waals surface area contributed by atoms with Gasteiger partial charge in [-0.2, -0.15) is 0 Å². The van der Waals surface area contributed by atoms with E-state index >= 15 is 0 Å². The summed E-state index contributed by atoms with van der Waals surface area (Å²) in [6, 6.07) is 5.51. The van der Waals surface area contributed by atoms with Crippen LogP contribution in [-0.2, 0) is 0 Å². The third-order valence-electron chi connectivity index (χ3n) is 3.14. The second-order valence-electron chi connectivity index (χ2n) is 4.55. The number of aryl methyl sites for hydroxylation is 1. The Balaban J connectivity index is 2.40. The molecule has 18 heavy (non-hydrogen) atoms. The lowest BCUT2D eigenvalue weighted by molar-refractivity contribution is 0.0572. The van der Waals surface area contributed by atoms with Gasteiger partial charge in [0.05, 0.1) is 12.2 Å². The smallest absolute Gasteiger partial charge is 0.172 e. The molecule has 1 aromatic rings. The summed E-state index contributed by atoms with van der Waals surface area (Å²) in [6.07, 6.45) is -1.55. The van der Waals surface area contributed by atoms with Crippen LogP contribution in [0.4, 0.5) is 5.69 Å². The standard InChI is InChI=1S/C12H17N3O3/c1-7-2-3-8(12(13)14-18)9(4-7)15-5-10(16)11(17)6-15/h2-4,10-11,16-18H,5-6H2,1H3,(H2,13,14). The van der Waals surface area contributed by atoms with Crippen LogP contribution in [-0.4, -0.2) is 46.6 Å². The lowest BCUT2D eigenvalue weighted by atomic mass is 10.1. The summed E-state index contributed by atoms with van der Waals surface area (Å²) in [7, 11) is 0. The zero-order valence-corrected chi connectivity index (χ0v) is 10.1. The quantitative estimate of drug-likeness (QED) is 0.249. The van der Waals surface area contributed by atoms with Crippen LogP contribution in [0.25, 0.3) is 0 Å². The summed E-state index contributed by atoms with van der Waals surface area (Å²) in [5.74, 6) is 0.0147. The maximum atomic E-state index is 9.58. The van der Waals surface area contributed by atoms with Gasteiger partial charge in [-0.15, -0.1) is 0 Å². The van der Waals surface area contributed by atoms with Crippen molar-refractivity contribution >= 4 is 11.5 Å². The van der Waals surface area contributed by atoms with Crippen molar-refractivity contribution in [3.63, 3.8) is 0 Å². The van der Waals surface area contributed by atoms with Gasteiger partial charge >= 0.3 is 0 Å². The fraction of sp³-hybridized carbons (Fsp3) is 0.417. The summed E-state index contributed by atoms with van der Waals surface area (Å²) >= 11 is 0. The Labute approximate surface area is 105 Å². The molecule has 0 amide bonds. The summed E-state index contributed by atoms with van der Waals surface area (Å²) in [4.78, 5) is 1.83. The molecular formula is C12H17N3O3. The number of nitrogens with two attached hydrogens (primary N) is 1. The zero-order valence-electron chi connectivity index (χ0n) is 10.1. The molecule has 0 spiro atoms. The van der Waals surface area contributed by atoms with Gasteiger partial charge in [-0.3, -0.25) is 0 Å². The number of amidine groups is 1. The van der Waals surface area contributed by atoms with Crippen molar-refractivity contribution in [1.82, 2.24) is 0 Å². The fourth-order valence-electron chi connectivity index (χ4n) is 2.14. The van der Waals surface area contributed by atoms with Gasteiger partial charge in [0.1, 0.15) is 0 Å². The van der Waals surface area contributed by atoms with E-state index in [1.807, 2.05) is 24.0 Å². The molecule has 6 nitrogen and oxygen atoms in total. The molecule has 2 rings (SSSR count). The van der Waals surface area contributed by atoms with Gasteiger partial charge in [0.15, 0.2) is 5.84 Å². The first-order valence-corrected chi connectivity index (χ1v) is 5.72. The van der Waals surface area contributed by atoms with Crippen LogP contribution in [0.1, 0.15) is 11.1 Å². The number of hydrogen-bond acceptors (Lipinski definition) is 5. The Morgan fingerprint density at radius 2 is 1.94 bits per heavy atom. The second-order valence-corrected chi connectivity index (χ2v) is 4.55. The van der Waals surface area contributed by atoms with E-state index in [2.05, 4.69) is 5.16 Å². The van der Waals surface area contributed by atoms with E-state index in [0.717, 1.165) is 11.3 Å². The maximum Gasteiger partial charge on any atom is 0.172 e. The van der Waals surface area contributed by atoms with E-state index < -0.39 is 12.2 Å². The summed E-state index contributed by atoms with van der Waals surface area (Å²) in [5, 5.41) is 30.9. The van der Waals surface area contributed by atoms with Crippen LogP contribution in [0, 0.1) is 6.92 Å². The van der Waals surface area contributed by atoms with Gasteiger partial charge in [0.25, 0.3) is 0 Å². The Morgan fingerprint density at radius 3 is 2.50 bits per heavy atom. The van der Waals surface area contributed by atoms with Crippen molar-refractivity contribution in [2.24, 2.45) is 10.9 Å². The Hall–Kier alpha value is -1.79. The van der Waals surface area contributed by atoms with Crippen LogP contribution in [0.2, 0.25) is 0 Å². The highest BCUT2D eigenvalue weighted by Gasteiger charge is 2.31. The van der Waals surface area contributed by atoms with Gasteiger partial charge in [-0.05, 0) is 24.6 Å². The minimum atomic E-state index is -0.773. The van der Waals surface area contributed by atoms with Gasteiger partial charge in [-0.1, -0.05) is 11.2 Å². The SMILES string of the molecule is Cc1ccc(/C(N)=N/O)c(N2CC(O)C(O)C2)c1. The normalized spacial score (nSPS) is 24.6. The number of aliphatic hydroxyl groups is 2. The van der Waals surface area contributed by atoms with E-state index in [9.17, 15) is 10.2 Å². The van der Waals surface area contributed by atoms with Crippen LogP contribution in [0.3, 0.4) is 0 Å². The highest BCUT2D eigenvalue weighted by atomic mass is 16.4. The number of benzene rings is 1. The number of hydrogen-bond donors (Lipinski definition) is 4. The van der Waals surface area contributed by atoms with Crippen LogP contribution >= 0.6 is 0 Å². The minimum absolute atomic E-state index is 0.0147. The Morgan fingerprint density at radius 1 is 1.33 bits per heavy atom. The molecule has 0 aliphatic carbocycles. The highest BCUT2D eigenvalue weighted by Crippen LogP contribution is 2.26. The molecule has 1 aliphatic heterocycles. The molecular weight excluding hydrogens is 234 g/mol. The molecule has 98 valence electrons. The first kappa shape index (κ1) is 12.7. The van der Waals surface area contributed by atoms with Crippen LogP contribution in [0.15, 0.2) is 23.4 Å². The second kappa shape index (κ2) is 4.83. The first-order valence-electron chi connectivity index (χ1n) is 5.72. The third kappa shape index (κ3) is 2.25. The molecule has 5 N–H and O–H groups in total. The molecule has 0 radical (unpaired) electrons. The third-order valence-corrected chi connectivity index (χ3v) is 3.14.